The smallest absolute Gasteiger partial charge is 0.315 e. The van der Waals surface area contributed by atoms with Crippen molar-refractivity contribution in [1.82, 2.24) is 16.0 Å². The van der Waals surface area contributed by atoms with Crippen LogP contribution >= 0.6 is 0 Å². The molecule has 0 heterocycles. The molecule has 124 valence electrons. The van der Waals surface area contributed by atoms with Crippen LogP contribution in [0.3, 0.4) is 0 Å². The van der Waals surface area contributed by atoms with Crippen LogP contribution in [0.4, 0.5) is 4.79 Å². The second-order valence-electron chi connectivity index (χ2n) is 7.22. The molecule has 0 aromatic heterocycles. The fourth-order valence-electron chi connectivity index (χ4n) is 3.99. The largest absolute Gasteiger partial charge is 0.358 e. The van der Waals surface area contributed by atoms with E-state index in [4.69, 9.17) is 0 Å². The van der Waals surface area contributed by atoms with E-state index >= 15 is 0 Å². The summed E-state index contributed by atoms with van der Waals surface area (Å²) in [6, 6.07) is 6.21. The Hall–Kier alpha value is -2.04. The van der Waals surface area contributed by atoms with Crippen molar-refractivity contribution in [3.05, 3.63) is 34.9 Å². The molecular weight excluding hydrogens is 290 g/mol. The molecule has 0 radical (unpaired) electrons. The van der Waals surface area contributed by atoms with Crippen LogP contribution < -0.4 is 16.0 Å². The molecule has 2 atom stereocenters. The van der Waals surface area contributed by atoms with Gasteiger partial charge in [-0.2, -0.15) is 0 Å². The van der Waals surface area contributed by atoms with E-state index in [1.165, 1.54) is 29.5 Å². The lowest BCUT2D eigenvalue weighted by molar-refractivity contribution is -0.119. The van der Waals surface area contributed by atoms with Crippen molar-refractivity contribution in [1.29, 1.82) is 0 Å². The van der Waals surface area contributed by atoms with Gasteiger partial charge in [0.15, 0.2) is 0 Å². The van der Waals surface area contributed by atoms with Crippen molar-refractivity contribution in [3.63, 3.8) is 0 Å². The average molecular weight is 315 g/mol. The maximum atomic E-state index is 12.0. The predicted molar refractivity (Wildman–Crippen MR) is 89.4 cm³/mol. The van der Waals surface area contributed by atoms with Gasteiger partial charge in [-0.3, -0.25) is 4.79 Å². The van der Waals surface area contributed by atoms with Crippen molar-refractivity contribution in [2.45, 2.75) is 50.5 Å². The third-order valence-electron chi connectivity index (χ3n) is 5.28. The number of hydrogen-bond donors (Lipinski definition) is 3. The van der Waals surface area contributed by atoms with E-state index in [0.29, 0.717) is 5.92 Å². The maximum Gasteiger partial charge on any atom is 0.315 e. The minimum atomic E-state index is -0.283. The fourth-order valence-corrected chi connectivity index (χ4v) is 3.99. The minimum absolute atomic E-state index is 0.00158. The highest BCUT2D eigenvalue weighted by Gasteiger charge is 2.40. The Morgan fingerprint density at radius 1 is 1.30 bits per heavy atom. The Balaban J connectivity index is 1.75. The van der Waals surface area contributed by atoms with E-state index in [1.807, 2.05) is 0 Å². The molecule has 0 bridgehead atoms. The molecule has 3 amide bonds. The van der Waals surface area contributed by atoms with E-state index in [2.05, 4.69) is 48.0 Å². The van der Waals surface area contributed by atoms with Crippen molar-refractivity contribution in [2.24, 2.45) is 0 Å². The van der Waals surface area contributed by atoms with E-state index in [0.717, 1.165) is 6.42 Å². The zero-order chi connectivity index (χ0) is 16.6. The van der Waals surface area contributed by atoms with Gasteiger partial charge in [0.05, 0.1) is 12.6 Å². The maximum absolute atomic E-state index is 12.0. The minimum Gasteiger partial charge on any atom is -0.358 e. The number of nitrogens with one attached hydrogen (secondary N) is 3. The molecule has 0 fully saturated rings. The number of hydrogen-bond acceptors (Lipinski definition) is 2. The molecule has 1 aromatic carbocycles. The third kappa shape index (κ3) is 2.92. The molecular formula is C18H25N3O2. The van der Waals surface area contributed by atoms with Crippen LogP contribution in [0.25, 0.3) is 0 Å². The monoisotopic (exact) mass is 315 g/mol. The lowest BCUT2D eigenvalue weighted by Crippen LogP contribution is -2.42. The first-order valence-corrected chi connectivity index (χ1v) is 8.30. The van der Waals surface area contributed by atoms with Crippen molar-refractivity contribution in [3.8, 4) is 0 Å². The molecule has 0 saturated carbocycles. The normalized spacial score (nSPS) is 23.8. The Morgan fingerprint density at radius 2 is 2.09 bits per heavy atom. The zero-order valence-corrected chi connectivity index (χ0v) is 14.0. The summed E-state index contributed by atoms with van der Waals surface area (Å²) < 4.78 is 0. The second kappa shape index (κ2) is 5.87. The van der Waals surface area contributed by atoms with Gasteiger partial charge in [0.25, 0.3) is 0 Å². The van der Waals surface area contributed by atoms with Crippen molar-refractivity contribution >= 4 is 11.9 Å². The number of rotatable bonds is 3. The molecule has 23 heavy (non-hydrogen) atoms. The van der Waals surface area contributed by atoms with Gasteiger partial charge in [-0.25, -0.2) is 4.79 Å². The number of likely N-dealkylation sites (N-methyl/N-ethyl adjacent to an activating group) is 1. The zero-order valence-electron chi connectivity index (χ0n) is 14.0. The number of carbonyl (C=O) groups is 2. The summed E-state index contributed by atoms with van der Waals surface area (Å²) in [6.07, 6.45) is 3.31. The highest BCUT2D eigenvalue weighted by atomic mass is 16.2. The summed E-state index contributed by atoms with van der Waals surface area (Å²) in [5, 5.41) is 8.13. The Bertz CT molecular complexity index is 639. The van der Waals surface area contributed by atoms with Gasteiger partial charge in [-0.1, -0.05) is 32.0 Å². The highest BCUT2D eigenvalue weighted by Crippen LogP contribution is 2.52. The first kappa shape index (κ1) is 15.8. The molecule has 5 heteroatoms. The SMILES string of the molecule is CNC(=O)CNC(=O)NC1CC2CCC(C)(C)c3cccc1c32. The van der Waals surface area contributed by atoms with Gasteiger partial charge in [-0.15, -0.1) is 0 Å². The summed E-state index contributed by atoms with van der Waals surface area (Å²) in [7, 11) is 1.55. The lowest BCUT2D eigenvalue weighted by atomic mass is 9.69. The van der Waals surface area contributed by atoms with Crippen molar-refractivity contribution < 1.29 is 9.59 Å². The quantitative estimate of drug-likeness (QED) is 0.801. The average Bonchev–Trinajstić information content (AvgIpc) is 2.88. The summed E-state index contributed by atoms with van der Waals surface area (Å²) >= 11 is 0. The number of urea groups is 1. The summed E-state index contributed by atoms with van der Waals surface area (Å²) in [6.45, 7) is 4.60. The highest BCUT2D eigenvalue weighted by molar-refractivity contribution is 5.83. The van der Waals surface area contributed by atoms with Crippen LogP contribution in [0.1, 0.15) is 61.8 Å². The lowest BCUT2D eigenvalue weighted by Gasteiger charge is -2.35. The molecule has 5 nitrogen and oxygen atoms in total. The van der Waals surface area contributed by atoms with E-state index < -0.39 is 0 Å². The van der Waals surface area contributed by atoms with E-state index in [-0.39, 0.29) is 29.9 Å². The third-order valence-corrected chi connectivity index (χ3v) is 5.28. The molecule has 3 rings (SSSR count). The number of amides is 3. The van der Waals surface area contributed by atoms with Crippen LogP contribution in [-0.2, 0) is 10.2 Å². The Kier molecular flexibility index (Phi) is 4.04. The van der Waals surface area contributed by atoms with Gasteiger partial charge < -0.3 is 16.0 Å². The van der Waals surface area contributed by atoms with Crippen molar-refractivity contribution in [2.75, 3.05) is 13.6 Å². The van der Waals surface area contributed by atoms with Gasteiger partial charge in [-0.05, 0) is 47.3 Å². The molecule has 1 aromatic rings. The molecule has 0 aliphatic heterocycles. The first-order valence-electron chi connectivity index (χ1n) is 8.30. The van der Waals surface area contributed by atoms with E-state index in [9.17, 15) is 9.59 Å². The summed E-state index contributed by atoms with van der Waals surface area (Å²) in [5.41, 5.74) is 4.33. The van der Waals surface area contributed by atoms with Crippen LogP contribution in [-0.4, -0.2) is 25.5 Å². The van der Waals surface area contributed by atoms with Crippen LogP contribution in [0.2, 0.25) is 0 Å². The molecule has 3 N–H and O–H groups in total. The molecule has 0 spiro atoms. The first-order chi connectivity index (χ1) is 10.9. The second-order valence-corrected chi connectivity index (χ2v) is 7.22. The van der Waals surface area contributed by atoms with E-state index in [1.54, 1.807) is 7.05 Å². The summed E-state index contributed by atoms with van der Waals surface area (Å²) in [5.74, 6) is 0.338. The van der Waals surface area contributed by atoms with Gasteiger partial charge >= 0.3 is 6.03 Å². The number of carbonyl (C=O) groups excluding carboxylic acids is 2. The molecule has 2 unspecified atom stereocenters. The van der Waals surface area contributed by atoms with Crippen LogP contribution in [0, 0.1) is 0 Å². The predicted octanol–water partition coefficient (Wildman–Crippen LogP) is 2.33. The van der Waals surface area contributed by atoms with Gasteiger partial charge in [0.2, 0.25) is 5.91 Å². The van der Waals surface area contributed by atoms with Gasteiger partial charge in [0, 0.05) is 7.05 Å². The summed E-state index contributed by atoms with van der Waals surface area (Å²) in [4.78, 5) is 23.3. The standard InChI is InChI=1S/C18H25N3O2/c1-18(2)8-7-11-9-14(12-5-4-6-13(18)16(11)12)21-17(23)20-10-15(22)19-3/h4-6,11,14H,7-10H2,1-3H3,(H,19,22)(H2,20,21,23). The van der Waals surface area contributed by atoms with Gasteiger partial charge in [0.1, 0.15) is 0 Å². The van der Waals surface area contributed by atoms with Crippen LogP contribution in [0.5, 0.6) is 0 Å². The Labute approximate surface area is 137 Å². The number of benzene rings is 1. The Morgan fingerprint density at radius 3 is 2.83 bits per heavy atom. The molecule has 2 aliphatic carbocycles. The molecule has 0 saturated heterocycles. The van der Waals surface area contributed by atoms with Crippen LogP contribution in [0.15, 0.2) is 18.2 Å². The molecule has 2 aliphatic rings. The fraction of sp³-hybridized carbons (Fsp3) is 0.556. The topological polar surface area (TPSA) is 70.2 Å².